The third-order valence-corrected chi connectivity index (χ3v) is 6.42. The summed E-state index contributed by atoms with van der Waals surface area (Å²) in [5.41, 5.74) is 3.94. The number of carbonyl (C=O) groups excluding carboxylic acids is 1. The number of amides is 1. The number of para-hydroxylation sites is 1. The van der Waals surface area contributed by atoms with Crippen LogP contribution < -0.4 is 9.64 Å². The van der Waals surface area contributed by atoms with Gasteiger partial charge in [0.2, 0.25) is 5.91 Å². The lowest BCUT2D eigenvalue weighted by Crippen LogP contribution is -2.48. The van der Waals surface area contributed by atoms with Gasteiger partial charge in [-0.25, -0.2) is 0 Å². The molecule has 5 nitrogen and oxygen atoms in total. The summed E-state index contributed by atoms with van der Waals surface area (Å²) >= 11 is 0. The molecule has 4 rings (SSSR count). The van der Waals surface area contributed by atoms with Crippen molar-refractivity contribution in [3.05, 3.63) is 59.2 Å². The number of carbonyl (C=O) groups is 1. The van der Waals surface area contributed by atoms with Gasteiger partial charge in [-0.15, -0.1) is 0 Å². The minimum Gasteiger partial charge on any atom is -0.495 e. The highest BCUT2D eigenvalue weighted by atomic mass is 16.5. The van der Waals surface area contributed by atoms with E-state index in [0.29, 0.717) is 6.42 Å². The van der Waals surface area contributed by atoms with Crippen LogP contribution >= 0.6 is 0 Å². The zero-order chi connectivity index (χ0) is 21.3. The number of aliphatic hydroxyl groups is 1. The molecular weight excluding hydrogens is 376 g/mol. The van der Waals surface area contributed by atoms with E-state index in [0.717, 1.165) is 41.1 Å². The van der Waals surface area contributed by atoms with Gasteiger partial charge in [0, 0.05) is 37.2 Å². The number of nitrogens with zero attached hydrogens (tertiary/aromatic N) is 2. The van der Waals surface area contributed by atoms with Crippen LogP contribution in [0.3, 0.4) is 0 Å². The monoisotopic (exact) mass is 404 g/mol. The van der Waals surface area contributed by atoms with Crippen molar-refractivity contribution >= 4 is 11.6 Å². The predicted octanol–water partition coefficient (Wildman–Crippen LogP) is 3.21. The maximum atomic E-state index is 12.6. The fourth-order valence-corrected chi connectivity index (χ4v) is 4.90. The second-order valence-electron chi connectivity index (χ2n) is 7.92. The highest BCUT2D eigenvalue weighted by Gasteiger charge is 2.47. The van der Waals surface area contributed by atoms with E-state index >= 15 is 0 Å². The summed E-state index contributed by atoms with van der Waals surface area (Å²) in [4.78, 5) is 16.8. The van der Waals surface area contributed by atoms with Crippen molar-refractivity contribution in [3.8, 4) is 17.6 Å². The normalized spacial score (nSPS) is 22.1. The Morgan fingerprint density at radius 3 is 2.77 bits per heavy atom. The van der Waals surface area contributed by atoms with Crippen LogP contribution in [0.4, 0.5) is 5.69 Å². The molecule has 2 aliphatic rings. The minimum atomic E-state index is -0.00573. The van der Waals surface area contributed by atoms with Crippen molar-refractivity contribution in [3.63, 3.8) is 0 Å². The molecule has 0 spiro atoms. The van der Waals surface area contributed by atoms with Crippen LogP contribution in [0.1, 0.15) is 42.5 Å². The molecule has 2 aromatic carbocycles. The third-order valence-electron chi connectivity index (χ3n) is 6.42. The summed E-state index contributed by atoms with van der Waals surface area (Å²) in [7, 11) is 3.67. The number of anilines is 1. The number of likely N-dealkylation sites (N-methyl/N-ethyl adjacent to an activating group) is 1. The Kier molecular flexibility index (Phi) is 5.69. The Balaban J connectivity index is 1.76. The van der Waals surface area contributed by atoms with Gasteiger partial charge in [-0.05, 0) is 42.3 Å². The number of rotatable bonds is 3. The van der Waals surface area contributed by atoms with Crippen LogP contribution in [0.5, 0.6) is 5.75 Å². The van der Waals surface area contributed by atoms with E-state index in [1.807, 2.05) is 49.2 Å². The summed E-state index contributed by atoms with van der Waals surface area (Å²) in [6.45, 7) is 2.73. The molecule has 2 aliphatic heterocycles. The molecule has 30 heavy (non-hydrogen) atoms. The molecule has 1 fully saturated rings. The highest BCUT2D eigenvalue weighted by molar-refractivity contribution is 5.78. The van der Waals surface area contributed by atoms with Crippen molar-refractivity contribution in [2.75, 3.05) is 32.2 Å². The molecule has 0 saturated carbocycles. The van der Waals surface area contributed by atoms with Crippen LogP contribution in [0.15, 0.2) is 42.5 Å². The lowest BCUT2D eigenvalue weighted by atomic mass is 9.81. The molecule has 5 heteroatoms. The summed E-state index contributed by atoms with van der Waals surface area (Å²) in [6, 6.07) is 13.9. The Hall–Kier alpha value is -2.97. The Bertz CT molecular complexity index is 1010. The lowest BCUT2D eigenvalue weighted by Gasteiger charge is -2.44. The molecule has 1 N–H and O–H groups in total. The maximum Gasteiger partial charge on any atom is 0.222 e. The first-order chi connectivity index (χ1) is 14.6. The number of likely N-dealkylation sites (tertiary alicyclic amines) is 1. The number of methoxy groups -OCH3 is 1. The number of hydrogen-bond donors (Lipinski definition) is 1. The Labute approximate surface area is 178 Å². The van der Waals surface area contributed by atoms with Gasteiger partial charge >= 0.3 is 0 Å². The topological polar surface area (TPSA) is 53.0 Å². The fraction of sp³-hybridized carbons (Fsp3) is 0.400. The van der Waals surface area contributed by atoms with Crippen molar-refractivity contribution in [2.24, 2.45) is 5.92 Å². The zero-order valence-corrected chi connectivity index (χ0v) is 17.8. The van der Waals surface area contributed by atoms with Gasteiger partial charge in [-0.3, -0.25) is 4.79 Å². The minimum absolute atomic E-state index is 0.00573. The van der Waals surface area contributed by atoms with Gasteiger partial charge in [0.1, 0.15) is 5.75 Å². The number of ether oxygens (including phenoxy) is 1. The molecule has 0 aliphatic carbocycles. The van der Waals surface area contributed by atoms with Crippen LogP contribution in [0.25, 0.3) is 0 Å². The SMILES string of the molecule is CCC(=O)N1CC[C@H]2[C@@H]1c1cc(C#Cc3ccccc3OC)ccc1N(C)[C@H]2CO. The molecule has 2 aromatic rings. The van der Waals surface area contributed by atoms with Crippen LogP contribution in [0.2, 0.25) is 0 Å². The van der Waals surface area contributed by atoms with Crippen LogP contribution in [-0.2, 0) is 4.79 Å². The fourth-order valence-electron chi connectivity index (χ4n) is 4.90. The number of benzene rings is 2. The van der Waals surface area contributed by atoms with E-state index in [2.05, 4.69) is 28.9 Å². The van der Waals surface area contributed by atoms with Crippen molar-refractivity contribution in [1.82, 2.24) is 4.90 Å². The summed E-state index contributed by atoms with van der Waals surface area (Å²) in [6.07, 6.45) is 1.40. The van der Waals surface area contributed by atoms with Gasteiger partial charge in [-0.1, -0.05) is 30.9 Å². The largest absolute Gasteiger partial charge is 0.495 e. The van der Waals surface area contributed by atoms with E-state index in [1.165, 1.54) is 0 Å². The van der Waals surface area contributed by atoms with E-state index in [9.17, 15) is 9.90 Å². The van der Waals surface area contributed by atoms with E-state index in [1.54, 1.807) is 7.11 Å². The van der Waals surface area contributed by atoms with Crippen LogP contribution in [-0.4, -0.2) is 49.3 Å². The molecule has 0 aromatic heterocycles. The lowest BCUT2D eigenvalue weighted by molar-refractivity contribution is -0.132. The van der Waals surface area contributed by atoms with E-state index < -0.39 is 0 Å². The second-order valence-corrected chi connectivity index (χ2v) is 7.92. The maximum absolute atomic E-state index is 12.6. The highest BCUT2D eigenvalue weighted by Crippen LogP contribution is 2.48. The van der Waals surface area contributed by atoms with Crippen molar-refractivity contribution in [2.45, 2.75) is 31.8 Å². The molecule has 1 saturated heterocycles. The van der Waals surface area contributed by atoms with E-state index in [4.69, 9.17) is 4.74 Å². The smallest absolute Gasteiger partial charge is 0.222 e. The standard InChI is InChI=1S/C25H28N2O3/c1-4-24(29)27-14-13-19-22(16-28)26(2)21-12-10-17(15-20(21)25(19)27)9-11-18-7-5-6-8-23(18)30-3/h5-8,10,12,15,19,22,25,28H,4,13-14,16H2,1-3H3/t19-,22+,25-/m1/s1. The van der Waals surface area contributed by atoms with Crippen molar-refractivity contribution in [1.29, 1.82) is 0 Å². The second kappa shape index (κ2) is 8.41. The van der Waals surface area contributed by atoms with Gasteiger partial charge in [0.15, 0.2) is 0 Å². The summed E-state index contributed by atoms with van der Waals surface area (Å²) in [5.74, 6) is 7.62. The Morgan fingerprint density at radius 1 is 1.23 bits per heavy atom. The third kappa shape index (κ3) is 3.42. The van der Waals surface area contributed by atoms with E-state index in [-0.39, 0.29) is 30.5 Å². The first-order valence-electron chi connectivity index (χ1n) is 10.5. The van der Waals surface area contributed by atoms with Gasteiger partial charge in [0.05, 0.1) is 31.4 Å². The molecule has 0 bridgehead atoms. The molecule has 1 amide bonds. The average molecular weight is 405 g/mol. The number of fused-ring (bicyclic) bond motifs is 3. The molecule has 0 unspecified atom stereocenters. The first-order valence-corrected chi connectivity index (χ1v) is 10.5. The molecule has 0 radical (unpaired) electrons. The number of hydrogen-bond acceptors (Lipinski definition) is 4. The molecule has 2 heterocycles. The Morgan fingerprint density at radius 2 is 2.03 bits per heavy atom. The summed E-state index contributed by atoms with van der Waals surface area (Å²) in [5, 5.41) is 10.1. The van der Waals surface area contributed by atoms with Gasteiger partial charge < -0.3 is 19.6 Å². The molecule has 156 valence electrons. The zero-order valence-electron chi connectivity index (χ0n) is 17.8. The predicted molar refractivity (Wildman–Crippen MR) is 118 cm³/mol. The van der Waals surface area contributed by atoms with Gasteiger partial charge in [0.25, 0.3) is 0 Å². The molecule has 3 atom stereocenters. The number of aliphatic hydroxyl groups excluding tert-OH is 1. The molecular formula is C25H28N2O3. The quantitative estimate of drug-likeness (QED) is 0.799. The first kappa shape index (κ1) is 20.3. The summed E-state index contributed by atoms with van der Waals surface area (Å²) < 4.78 is 5.40. The average Bonchev–Trinajstić information content (AvgIpc) is 3.22. The van der Waals surface area contributed by atoms with Crippen molar-refractivity contribution < 1.29 is 14.6 Å². The van der Waals surface area contributed by atoms with Gasteiger partial charge in [-0.2, -0.15) is 0 Å². The van der Waals surface area contributed by atoms with Crippen LogP contribution in [0, 0.1) is 17.8 Å².